The van der Waals surface area contributed by atoms with E-state index in [1.54, 1.807) is 13.8 Å². The molecule has 1 aromatic carbocycles. The lowest BCUT2D eigenvalue weighted by molar-refractivity contribution is -0.147. The van der Waals surface area contributed by atoms with Gasteiger partial charge in [-0.3, -0.25) is 14.4 Å². The highest BCUT2D eigenvalue weighted by Crippen LogP contribution is 2.20. The number of para-hydroxylation sites is 1. The Balaban J connectivity index is 2.52. The van der Waals surface area contributed by atoms with Gasteiger partial charge in [0.15, 0.2) is 6.61 Å². The standard InChI is InChI=1S/C18H21F2N3O5/c1-11(2)18(3,10-21)23-14(24)9-27-15(25)8-22-16(26)12-6-4-5-7-13(12)28-17(19)20/h4-7,11,17H,8-9H2,1-3H3,(H,22,26)(H,23,24)/t18-/m0/s1. The second-order valence-electron chi connectivity index (χ2n) is 6.24. The summed E-state index contributed by atoms with van der Waals surface area (Å²) >= 11 is 0. The van der Waals surface area contributed by atoms with Gasteiger partial charge in [-0.1, -0.05) is 26.0 Å². The van der Waals surface area contributed by atoms with E-state index in [1.807, 2.05) is 6.07 Å². The normalized spacial score (nSPS) is 12.6. The third kappa shape index (κ3) is 6.83. The second kappa shape index (κ2) is 10.2. The zero-order valence-electron chi connectivity index (χ0n) is 15.6. The van der Waals surface area contributed by atoms with Gasteiger partial charge < -0.3 is 20.1 Å². The van der Waals surface area contributed by atoms with Crippen LogP contribution in [0.4, 0.5) is 8.78 Å². The molecule has 10 heteroatoms. The van der Waals surface area contributed by atoms with Crippen molar-refractivity contribution in [2.75, 3.05) is 13.2 Å². The summed E-state index contributed by atoms with van der Waals surface area (Å²) in [4.78, 5) is 35.5. The highest BCUT2D eigenvalue weighted by molar-refractivity contribution is 5.98. The molecule has 0 unspecified atom stereocenters. The van der Waals surface area contributed by atoms with E-state index in [1.165, 1.54) is 31.2 Å². The molecule has 1 atom stereocenters. The average molecular weight is 397 g/mol. The van der Waals surface area contributed by atoms with Crippen LogP contribution in [0.1, 0.15) is 31.1 Å². The molecular formula is C18H21F2N3O5. The van der Waals surface area contributed by atoms with Crippen LogP contribution in [-0.4, -0.2) is 43.1 Å². The van der Waals surface area contributed by atoms with Crippen LogP contribution < -0.4 is 15.4 Å². The van der Waals surface area contributed by atoms with Crippen LogP contribution >= 0.6 is 0 Å². The number of nitrogens with zero attached hydrogens (tertiary/aromatic N) is 1. The highest BCUT2D eigenvalue weighted by Gasteiger charge is 2.30. The molecular weight excluding hydrogens is 376 g/mol. The van der Waals surface area contributed by atoms with Crippen LogP contribution in [0.3, 0.4) is 0 Å². The van der Waals surface area contributed by atoms with Crippen LogP contribution in [0.2, 0.25) is 0 Å². The SMILES string of the molecule is CC(C)[C@](C)(C#N)NC(=O)COC(=O)CNC(=O)c1ccccc1OC(F)F. The topological polar surface area (TPSA) is 118 Å². The molecule has 0 aliphatic rings. The van der Waals surface area contributed by atoms with Crippen molar-refractivity contribution >= 4 is 17.8 Å². The molecule has 0 radical (unpaired) electrons. The number of amides is 2. The van der Waals surface area contributed by atoms with Crippen molar-refractivity contribution < 1.29 is 32.6 Å². The van der Waals surface area contributed by atoms with Crippen molar-refractivity contribution in [1.29, 1.82) is 5.26 Å². The third-order valence-corrected chi connectivity index (χ3v) is 3.89. The lowest BCUT2D eigenvalue weighted by atomic mass is 9.90. The summed E-state index contributed by atoms with van der Waals surface area (Å²) in [5.74, 6) is -2.93. The Bertz CT molecular complexity index is 764. The largest absolute Gasteiger partial charge is 0.454 e. The van der Waals surface area contributed by atoms with E-state index in [4.69, 9.17) is 10.00 Å². The van der Waals surface area contributed by atoms with E-state index in [2.05, 4.69) is 15.4 Å². The van der Waals surface area contributed by atoms with E-state index < -0.39 is 43.1 Å². The maximum atomic E-state index is 12.4. The lowest BCUT2D eigenvalue weighted by Crippen LogP contribution is -2.50. The molecule has 0 saturated carbocycles. The average Bonchev–Trinajstić information content (AvgIpc) is 2.64. The van der Waals surface area contributed by atoms with Crippen LogP contribution in [0.15, 0.2) is 24.3 Å². The number of ether oxygens (including phenoxy) is 2. The van der Waals surface area contributed by atoms with Crippen molar-refractivity contribution in [2.24, 2.45) is 5.92 Å². The smallest absolute Gasteiger partial charge is 0.387 e. The summed E-state index contributed by atoms with van der Waals surface area (Å²) in [5, 5.41) is 13.8. The Labute approximate surface area is 160 Å². The van der Waals surface area contributed by atoms with Crippen LogP contribution in [-0.2, 0) is 14.3 Å². The van der Waals surface area contributed by atoms with Gasteiger partial charge in [0.05, 0.1) is 11.6 Å². The summed E-state index contributed by atoms with van der Waals surface area (Å²) in [6, 6.07) is 7.27. The van der Waals surface area contributed by atoms with Gasteiger partial charge in [0.1, 0.15) is 17.8 Å². The number of nitriles is 1. The molecule has 0 saturated heterocycles. The van der Waals surface area contributed by atoms with Crippen molar-refractivity contribution in [1.82, 2.24) is 10.6 Å². The predicted molar refractivity (Wildman–Crippen MR) is 93.4 cm³/mol. The fourth-order valence-corrected chi connectivity index (χ4v) is 1.92. The Morgan fingerprint density at radius 1 is 1.25 bits per heavy atom. The van der Waals surface area contributed by atoms with Gasteiger partial charge >= 0.3 is 12.6 Å². The number of carbonyl (C=O) groups excluding carboxylic acids is 3. The Kier molecular flexibility index (Phi) is 8.31. The van der Waals surface area contributed by atoms with Crippen molar-refractivity contribution in [2.45, 2.75) is 32.9 Å². The number of esters is 1. The second-order valence-corrected chi connectivity index (χ2v) is 6.24. The van der Waals surface area contributed by atoms with Gasteiger partial charge in [-0.2, -0.15) is 14.0 Å². The number of hydrogen-bond acceptors (Lipinski definition) is 6. The van der Waals surface area contributed by atoms with Crippen molar-refractivity contribution in [3.8, 4) is 11.8 Å². The molecule has 28 heavy (non-hydrogen) atoms. The van der Waals surface area contributed by atoms with E-state index in [0.29, 0.717) is 0 Å². The summed E-state index contributed by atoms with van der Waals surface area (Å²) < 4.78 is 33.7. The molecule has 1 rings (SSSR count). The predicted octanol–water partition coefficient (Wildman–Crippen LogP) is 1.62. The van der Waals surface area contributed by atoms with E-state index >= 15 is 0 Å². The minimum Gasteiger partial charge on any atom is -0.454 e. The van der Waals surface area contributed by atoms with Gasteiger partial charge in [0.25, 0.3) is 11.8 Å². The monoisotopic (exact) mass is 397 g/mol. The third-order valence-electron chi connectivity index (χ3n) is 3.89. The molecule has 152 valence electrons. The lowest BCUT2D eigenvalue weighted by Gasteiger charge is -2.27. The quantitative estimate of drug-likeness (QED) is 0.612. The molecule has 0 fully saturated rings. The van der Waals surface area contributed by atoms with Gasteiger partial charge in [0.2, 0.25) is 0 Å². The molecule has 0 heterocycles. The molecule has 8 nitrogen and oxygen atoms in total. The summed E-state index contributed by atoms with van der Waals surface area (Å²) in [7, 11) is 0. The zero-order chi connectivity index (χ0) is 21.3. The molecule has 0 aromatic heterocycles. The summed E-state index contributed by atoms with van der Waals surface area (Å²) in [6.45, 7) is 0.707. The van der Waals surface area contributed by atoms with E-state index in [-0.39, 0.29) is 17.2 Å². The highest BCUT2D eigenvalue weighted by atomic mass is 19.3. The van der Waals surface area contributed by atoms with Crippen LogP contribution in [0, 0.1) is 17.2 Å². The van der Waals surface area contributed by atoms with Gasteiger partial charge in [0, 0.05) is 0 Å². The molecule has 2 N–H and O–H groups in total. The van der Waals surface area contributed by atoms with Crippen LogP contribution in [0.25, 0.3) is 0 Å². The van der Waals surface area contributed by atoms with Gasteiger partial charge in [-0.05, 0) is 25.0 Å². The molecule has 1 aromatic rings. The zero-order valence-corrected chi connectivity index (χ0v) is 15.6. The minimum absolute atomic E-state index is 0.174. The maximum absolute atomic E-state index is 12.4. The number of benzene rings is 1. The molecule has 0 bridgehead atoms. The van der Waals surface area contributed by atoms with E-state index in [0.717, 1.165) is 0 Å². The molecule has 0 aliphatic heterocycles. The number of carbonyl (C=O) groups is 3. The summed E-state index contributed by atoms with van der Waals surface area (Å²) in [5.41, 5.74) is -1.30. The Morgan fingerprint density at radius 2 is 1.89 bits per heavy atom. The first-order valence-electron chi connectivity index (χ1n) is 8.29. The first-order valence-corrected chi connectivity index (χ1v) is 8.29. The first kappa shape index (κ1) is 22.8. The Hall–Kier alpha value is -3.22. The Morgan fingerprint density at radius 3 is 2.46 bits per heavy atom. The number of rotatable bonds is 9. The number of alkyl halides is 2. The van der Waals surface area contributed by atoms with Crippen LogP contribution in [0.5, 0.6) is 5.75 Å². The summed E-state index contributed by atoms with van der Waals surface area (Å²) in [6.07, 6.45) is 0. The van der Waals surface area contributed by atoms with E-state index in [9.17, 15) is 23.2 Å². The fourth-order valence-electron chi connectivity index (χ4n) is 1.92. The van der Waals surface area contributed by atoms with Crippen molar-refractivity contribution in [3.05, 3.63) is 29.8 Å². The van der Waals surface area contributed by atoms with Gasteiger partial charge in [-0.25, -0.2) is 0 Å². The number of hydrogen-bond donors (Lipinski definition) is 2. The first-order chi connectivity index (χ1) is 13.1. The number of nitrogens with one attached hydrogen (secondary N) is 2. The maximum Gasteiger partial charge on any atom is 0.387 e. The molecule has 2 amide bonds. The minimum atomic E-state index is -3.11. The molecule has 0 spiro atoms. The molecule has 0 aliphatic carbocycles. The number of halogens is 2. The fraction of sp³-hybridized carbons (Fsp3) is 0.444. The van der Waals surface area contributed by atoms with Gasteiger partial charge in [-0.15, -0.1) is 0 Å². The van der Waals surface area contributed by atoms with Crippen molar-refractivity contribution in [3.63, 3.8) is 0 Å².